The minimum absolute atomic E-state index is 0.156. The summed E-state index contributed by atoms with van der Waals surface area (Å²) < 4.78 is 28.1. The summed E-state index contributed by atoms with van der Waals surface area (Å²) in [6.45, 7) is 0. The van der Waals surface area contributed by atoms with Crippen LogP contribution >= 0.6 is 0 Å². The van der Waals surface area contributed by atoms with Crippen molar-refractivity contribution in [2.75, 3.05) is 0 Å². The Balaban J connectivity index is 1.69. The van der Waals surface area contributed by atoms with E-state index >= 15 is 0 Å². The normalized spacial score (nSPS) is 18.8. The first-order valence-corrected chi connectivity index (χ1v) is 7.04. The number of halogens is 2. The maximum Gasteiger partial charge on any atom is 0.251 e. The molecule has 0 atom stereocenters. The van der Waals surface area contributed by atoms with E-state index in [0.29, 0.717) is 18.4 Å². The highest BCUT2D eigenvalue weighted by Crippen LogP contribution is 2.33. The smallest absolute Gasteiger partial charge is 0.251 e. The van der Waals surface area contributed by atoms with Crippen LogP contribution < -0.4 is 5.32 Å². The molecule has 1 aromatic carbocycles. The number of benzene rings is 1. The van der Waals surface area contributed by atoms with Crippen molar-refractivity contribution in [1.82, 2.24) is 14.9 Å². The fourth-order valence-corrected chi connectivity index (χ4v) is 2.73. The van der Waals surface area contributed by atoms with Gasteiger partial charge in [0.1, 0.15) is 0 Å². The molecular weight excluding hydrogens is 276 g/mol. The van der Waals surface area contributed by atoms with E-state index < -0.39 is 5.92 Å². The molecule has 1 aromatic heterocycles. The highest BCUT2D eigenvalue weighted by Gasteiger charge is 2.35. The van der Waals surface area contributed by atoms with Crippen molar-refractivity contribution < 1.29 is 13.6 Å². The van der Waals surface area contributed by atoms with Crippen molar-refractivity contribution in [1.29, 1.82) is 0 Å². The van der Waals surface area contributed by atoms with Crippen LogP contribution in [0.25, 0.3) is 11.0 Å². The number of alkyl halides is 2. The molecule has 1 heterocycles. The summed E-state index contributed by atoms with van der Waals surface area (Å²) in [7, 11) is 1.89. The fraction of sp³-hybridized carbons (Fsp3) is 0.467. The predicted molar refractivity (Wildman–Crippen MR) is 75.4 cm³/mol. The van der Waals surface area contributed by atoms with Gasteiger partial charge in [0.15, 0.2) is 0 Å². The highest BCUT2D eigenvalue weighted by molar-refractivity contribution is 5.97. The van der Waals surface area contributed by atoms with E-state index in [1.807, 2.05) is 17.7 Å². The van der Waals surface area contributed by atoms with Crippen molar-refractivity contribution in [3.05, 3.63) is 30.1 Å². The van der Waals surface area contributed by atoms with Gasteiger partial charge >= 0.3 is 0 Å². The van der Waals surface area contributed by atoms with Crippen LogP contribution in [0, 0.1) is 0 Å². The van der Waals surface area contributed by atoms with Gasteiger partial charge in [-0.2, -0.15) is 0 Å². The molecule has 0 saturated heterocycles. The number of nitrogens with zero attached hydrogens (tertiary/aromatic N) is 2. The van der Waals surface area contributed by atoms with Crippen LogP contribution in [-0.4, -0.2) is 27.4 Å². The second-order valence-electron chi connectivity index (χ2n) is 5.66. The number of hydrogen-bond donors (Lipinski definition) is 1. The number of aryl methyl sites for hydroxylation is 1. The quantitative estimate of drug-likeness (QED) is 0.925. The maximum absolute atomic E-state index is 13.1. The Morgan fingerprint density at radius 1 is 1.38 bits per heavy atom. The van der Waals surface area contributed by atoms with Gasteiger partial charge in [-0.05, 0) is 31.0 Å². The Morgan fingerprint density at radius 3 is 2.81 bits per heavy atom. The number of imidazole rings is 1. The Labute approximate surface area is 121 Å². The summed E-state index contributed by atoms with van der Waals surface area (Å²) in [4.78, 5) is 16.4. The Kier molecular flexibility index (Phi) is 3.39. The number of rotatable bonds is 2. The molecule has 3 rings (SSSR count). The van der Waals surface area contributed by atoms with E-state index in [-0.39, 0.29) is 24.8 Å². The lowest BCUT2D eigenvalue weighted by molar-refractivity contribution is -0.0399. The number of fused-ring (bicyclic) bond motifs is 1. The molecule has 1 aliphatic rings. The van der Waals surface area contributed by atoms with Crippen LogP contribution in [0.4, 0.5) is 8.78 Å². The average molecular weight is 293 g/mol. The molecule has 2 aromatic rings. The summed E-state index contributed by atoms with van der Waals surface area (Å²) in [6, 6.07) is 5.13. The number of hydrogen-bond acceptors (Lipinski definition) is 2. The summed E-state index contributed by atoms with van der Waals surface area (Å²) >= 11 is 0. The molecule has 0 radical (unpaired) electrons. The van der Waals surface area contributed by atoms with Gasteiger partial charge in [-0.15, -0.1) is 0 Å². The zero-order valence-corrected chi connectivity index (χ0v) is 11.8. The van der Waals surface area contributed by atoms with E-state index in [1.54, 1.807) is 18.5 Å². The third-order valence-corrected chi connectivity index (χ3v) is 4.04. The largest absolute Gasteiger partial charge is 0.349 e. The molecule has 1 amide bonds. The number of amides is 1. The minimum Gasteiger partial charge on any atom is -0.349 e. The number of carbonyl (C=O) groups is 1. The Bertz CT molecular complexity index is 671. The molecule has 21 heavy (non-hydrogen) atoms. The van der Waals surface area contributed by atoms with Gasteiger partial charge in [0, 0.05) is 31.5 Å². The topological polar surface area (TPSA) is 46.9 Å². The van der Waals surface area contributed by atoms with E-state index in [1.165, 1.54) is 0 Å². The molecule has 0 spiro atoms. The standard InChI is InChI=1S/C15H17F2N3O/c1-20-9-18-12-8-10(2-3-13(12)20)14(21)19-11-4-6-15(16,17)7-5-11/h2-3,8-9,11H,4-7H2,1H3,(H,19,21). The van der Waals surface area contributed by atoms with E-state index in [9.17, 15) is 13.6 Å². The Hall–Kier alpha value is -1.98. The first-order valence-electron chi connectivity index (χ1n) is 7.04. The van der Waals surface area contributed by atoms with Crippen LogP contribution in [0.3, 0.4) is 0 Å². The van der Waals surface area contributed by atoms with Crippen LogP contribution in [-0.2, 0) is 7.05 Å². The number of nitrogens with one attached hydrogen (secondary N) is 1. The lowest BCUT2D eigenvalue weighted by Crippen LogP contribution is -2.40. The van der Waals surface area contributed by atoms with Gasteiger partial charge in [-0.25, -0.2) is 13.8 Å². The van der Waals surface area contributed by atoms with Gasteiger partial charge in [-0.3, -0.25) is 4.79 Å². The third-order valence-electron chi connectivity index (χ3n) is 4.04. The van der Waals surface area contributed by atoms with Gasteiger partial charge in [0.05, 0.1) is 17.4 Å². The monoisotopic (exact) mass is 293 g/mol. The SMILES string of the molecule is Cn1cnc2cc(C(=O)NC3CCC(F)(F)CC3)ccc21. The lowest BCUT2D eigenvalue weighted by Gasteiger charge is -2.28. The minimum atomic E-state index is -2.58. The Morgan fingerprint density at radius 2 is 2.10 bits per heavy atom. The second-order valence-corrected chi connectivity index (χ2v) is 5.66. The first-order chi connectivity index (χ1) is 9.94. The molecular formula is C15H17F2N3O. The molecule has 4 nitrogen and oxygen atoms in total. The average Bonchev–Trinajstić information content (AvgIpc) is 2.82. The zero-order valence-electron chi connectivity index (χ0n) is 11.8. The van der Waals surface area contributed by atoms with Gasteiger partial charge in [-0.1, -0.05) is 0 Å². The number of aromatic nitrogens is 2. The molecule has 0 aliphatic heterocycles. The highest BCUT2D eigenvalue weighted by atomic mass is 19.3. The molecule has 1 aliphatic carbocycles. The molecule has 6 heteroatoms. The second kappa shape index (κ2) is 5.09. The molecule has 1 N–H and O–H groups in total. The first kappa shape index (κ1) is 14.0. The molecule has 112 valence electrons. The summed E-state index contributed by atoms with van der Waals surface area (Å²) in [5.41, 5.74) is 2.21. The van der Waals surface area contributed by atoms with E-state index in [4.69, 9.17) is 0 Å². The zero-order chi connectivity index (χ0) is 15.0. The van der Waals surface area contributed by atoms with Crippen molar-refractivity contribution in [3.8, 4) is 0 Å². The van der Waals surface area contributed by atoms with Crippen molar-refractivity contribution in [2.45, 2.75) is 37.6 Å². The van der Waals surface area contributed by atoms with Crippen LogP contribution in [0.5, 0.6) is 0 Å². The van der Waals surface area contributed by atoms with Gasteiger partial charge in [0.2, 0.25) is 5.92 Å². The number of carbonyl (C=O) groups excluding carboxylic acids is 1. The summed E-state index contributed by atoms with van der Waals surface area (Å²) in [5, 5.41) is 2.84. The van der Waals surface area contributed by atoms with Gasteiger partial charge in [0.25, 0.3) is 5.91 Å². The maximum atomic E-state index is 13.1. The molecule has 0 unspecified atom stereocenters. The van der Waals surface area contributed by atoms with Crippen LogP contribution in [0.1, 0.15) is 36.0 Å². The predicted octanol–water partition coefficient (Wildman–Crippen LogP) is 2.88. The molecule has 1 saturated carbocycles. The molecule has 0 bridgehead atoms. The van der Waals surface area contributed by atoms with Crippen molar-refractivity contribution >= 4 is 16.9 Å². The fourth-order valence-electron chi connectivity index (χ4n) is 2.73. The summed E-state index contributed by atoms with van der Waals surface area (Å²) in [5.74, 6) is -2.80. The van der Waals surface area contributed by atoms with Crippen LogP contribution in [0.15, 0.2) is 24.5 Å². The van der Waals surface area contributed by atoms with Crippen molar-refractivity contribution in [3.63, 3.8) is 0 Å². The van der Waals surface area contributed by atoms with Crippen LogP contribution in [0.2, 0.25) is 0 Å². The van der Waals surface area contributed by atoms with Crippen molar-refractivity contribution in [2.24, 2.45) is 7.05 Å². The van der Waals surface area contributed by atoms with E-state index in [2.05, 4.69) is 10.3 Å². The third kappa shape index (κ3) is 2.89. The van der Waals surface area contributed by atoms with E-state index in [0.717, 1.165) is 11.0 Å². The summed E-state index contributed by atoms with van der Waals surface area (Å²) in [6.07, 6.45) is 2.03. The van der Waals surface area contributed by atoms with Gasteiger partial charge < -0.3 is 9.88 Å². The molecule has 1 fully saturated rings. The lowest BCUT2D eigenvalue weighted by atomic mass is 9.92.